The Bertz CT molecular complexity index is 612. The summed E-state index contributed by atoms with van der Waals surface area (Å²) in [6.07, 6.45) is 24.6. The van der Waals surface area contributed by atoms with Gasteiger partial charge in [0.2, 0.25) is 5.91 Å². The molecule has 4 nitrogen and oxygen atoms in total. The van der Waals surface area contributed by atoms with Gasteiger partial charge in [0.15, 0.2) is 11.5 Å². The van der Waals surface area contributed by atoms with Crippen molar-refractivity contribution in [3.8, 4) is 11.5 Å². The molecule has 0 atom stereocenters. The molecule has 0 saturated heterocycles. The van der Waals surface area contributed by atoms with Gasteiger partial charge in [0.25, 0.3) is 0 Å². The molecule has 31 heavy (non-hydrogen) atoms. The third-order valence-electron chi connectivity index (χ3n) is 5.76. The van der Waals surface area contributed by atoms with E-state index >= 15 is 0 Å². The molecule has 0 aliphatic heterocycles. The zero-order valence-electron chi connectivity index (χ0n) is 19.7. The molecule has 0 spiro atoms. The molecule has 0 aliphatic rings. The van der Waals surface area contributed by atoms with Gasteiger partial charge in [0.05, 0.1) is 0 Å². The Kier molecular flexibility index (Phi) is 16.4. The Morgan fingerprint density at radius 2 is 1.23 bits per heavy atom. The largest absolute Gasteiger partial charge is 0.504 e. The molecule has 1 aromatic rings. The van der Waals surface area contributed by atoms with Gasteiger partial charge in [-0.25, -0.2) is 0 Å². The first-order chi connectivity index (χ1) is 15.1. The van der Waals surface area contributed by atoms with Crippen LogP contribution in [0.25, 0.3) is 6.08 Å². The lowest BCUT2D eigenvalue weighted by Crippen LogP contribution is -2.21. The maximum Gasteiger partial charge on any atom is 0.243 e. The lowest BCUT2D eigenvalue weighted by atomic mass is 10.0. The summed E-state index contributed by atoms with van der Waals surface area (Å²) in [5.74, 6) is -0.477. The number of benzene rings is 1. The lowest BCUT2D eigenvalue weighted by molar-refractivity contribution is -0.116. The lowest BCUT2D eigenvalue weighted by Gasteiger charge is -2.04. The van der Waals surface area contributed by atoms with E-state index in [2.05, 4.69) is 12.2 Å². The summed E-state index contributed by atoms with van der Waals surface area (Å²) in [4.78, 5) is 11.8. The Morgan fingerprint density at radius 3 is 1.71 bits per heavy atom. The molecule has 0 radical (unpaired) electrons. The van der Waals surface area contributed by atoms with Crippen LogP contribution >= 0.6 is 0 Å². The number of hydrogen-bond acceptors (Lipinski definition) is 3. The molecular formula is C27H45NO3. The summed E-state index contributed by atoms with van der Waals surface area (Å²) in [6.45, 7) is 2.97. The topological polar surface area (TPSA) is 69.6 Å². The highest BCUT2D eigenvalue weighted by atomic mass is 16.3. The molecule has 1 amide bonds. The summed E-state index contributed by atoms with van der Waals surface area (Å²) in [5.41, 5.74) is 0.674. The molecule has 0 aliphatic carbocycles. The van der Waals surface area contributed by atoms with Crippen LogP contribution in [0.4, 0.5) is 0 Å². The molecule has 1 aromatic carbocycles. The van der Waals surface area contributed by atoms with E-state index in [0.717, 1.165) is 12.8 Å². The second-order valence-corrected chi connectivity index (χ2v) is 8.68. The van der Waals surface area contributed by atoms with Crippen molar-refractivity contribution in [2.75, 3.05) is 6.54 Å². The van der Waals surface area contributed by atoms with E-state index in [1.54, 1.807) is 12.1 Å². The predicted octanol–water partition coefficient (Wildman–Crippen LogP) is 7.49. The van der Waals surface area contributed by atoms with Crippen LogP contribution in [0.5, 0.6) is 11.5 Å². The Hall–Kier alpha value is -1.97. The summed E-state index contributed by atoms with van der Waals surface area (Å²) in [6, 6.07) is 4.48. The van der Waals surface area contributed by atoms with Crippen molar-refractivity contribution in [2.45, 2.75) is 110 Å². The van der Waals surface area contributed by atoms with Crippen LogP contribution < -0.4 is 5.32 Å². The number of unbranched alkanes of at least 4 members (excludes halogenated alkanes) is 15. The fourth-order valence-electron chi connectivity index (χ4n) is 3.76. The smallest absolute Gasteiger partial charge is 0.243 e. The number of nitrogens with one attached hydrogen (secondary N) is 1. The van der Waals surface area contributed by atoms with Crippen molar-refractivity contribution in [3.05, 3.63) is 29.8 Å². The molecule has 0 fully saturated rings. The van der Waals surface area contributed by atoms with Crippen LogP contribution in [0, 0.1) is 0 Å². The van der Waals surface area contributed by atoms with E-state index < -0.39 is 0 Å². The van der Waals surface area contributed by atoms with Crippen LogP contribution in [0.15, 0.2) is 24.3 Å². The number of phenolic OH excluding ortho intramolecular Hbond substituents is 2. The highest BCUT2D eigenvalue weighted by Gasteiger charge is 2.00. The number of amides is 1. The number of carbonyl (C=O) groups excluding carboxylic acids is 1. The summed E-state index contributed by atoms with van der Waals surface area (Å²) in [5, 5.41) is 21.6. The molecule has 1 rings (SSSR count). The Morgan fingerprint density at radius 1 is 0.742 bits per heavy atom. The Balaban J connectivity index is 1.85. The fourth-order valence-corrected chi connectivity index (χ4v) is 3.76. The molecule has 0 unspecified atom stereocenters. The summed E-state index contributed by atoms with van der Waals surface area (Å²) >= 11 is 0. The van der Waals surface area contributed by atoms with E-state index in [1.807, 2.05) is 0 Å². The SMILES string of the molecule is CCCCCCCCCCCCCCCCCCNC(=O)/C=C/c1ccc(O)c(O)c1. The van der Waals surface area contributed by atoms with Crippen LogP contribution in [-0.4, -0.2) is 22.7 Å². The first kappa shape index (κ1) is 27.1. The van der Waals surface area contributed by atoms with E-state index in [1.165, 1.54) is 108 Å². The van der Waals surface area contributed by atoms with Crippen molar-refractivity contribution in [1.29, 1.82) is 0 Å². The number of phenols is 2. The number of aromatic hydroxyl groups is 2. The molecule has 3 N–H and O–H groups in total. The van der Waals surface area contributed by atoms with Gasteiger partial charge in [-0.2, -0.15) is 0 Å². The highest BCUT2D eigenvalue weighted by Crippen LogP contribution is 2.25. The van der Waals surface area contributed by atoms with E-state index in [9.17, 15) is 15.0 Å². The molecule has 0 saturated carbocycles. The molecule has 0 aromatic heterocycles. The van der Waals surface area contributed by atoms with Crippen molar-refractivity contribution in [1.82, 2.24) is 5.32 Å². The standard InChI is InChI=1S/C27H45NO3/c1-2-3-4-5-6-7-8-9-10-11-12-13-14-15-16-17-22-28-27(31)21-19-24-18-20-25(29)26(30)23-24/h18-21,23,29-30H,2-17,22H2,1H3,(H,28,31)/b21-19+. The van der Waals surface area contributed by atoms with Crippen molar-refractivity contribution in [3.63, 3.8) is 0 Å². The zero-order chi connectivity index (χ0) is 22.6. The van der Waals surface area contributed by atoms with Crippen molar-refractivity contribution >= 4 is 12.0 Å². The monoisotopic (exact) mass is 431 g/mol. The summed E-state index contributed by atoms with van der Waals surface area (Å²) < 4.78 is 0. The maximum atomic E-state index is 11.8. The number of rotatable bonds is 19. The second kappa shape index (κ2) is 18.8. The van der Waals surface area contributed by atoms with E-state index in [-0.39, 0.29) is 17.4 Å². The van der Waals surface area contributed by atoms with Gasteiger partial charge in [0, 0.05) is 12.6 Å². The number of carbonyl (C=O) groups is 1. The van der Waals surface area contributed by atoms with Gasteiger partial charge in [-0.3, -0.25) is 4.79 Å². The average molecular weight is 432 g/mol. The molecular weight excluding hydrogens is 386 g/mol. The Labute approximate surface area is 190 Å². The van der Waals surface area contributed by atoms with Crippen LogP contribution in [0.3, 0.4) is 0 Å². The molecule has 0 bridgehead atoms. The second-order valence-electron chi connectivity index (χ2n) is 8.68. The molecule has 176 valence electrons. The highest BCUT2D eigenvalue weighted by molar-refractivity contribution is 5.91. The first-order valence-electron chi connectivity index (χ1n) is 12.6. The third kappa shape index (κ3) is 15.5. The average Bonchev–Trinajstić information content (AvgIpc) is 2.76. The third-order valence-corrected chi connectivity index (χ3v) is 5.76. The van der Waals surface area contributed by atoms with Crippen LogP contribution in [0.1, 0.15) is 115 Å². The van der Waals surface area contributed by atoms with Gasteiger partial charge >= 0.3 is 0 Å². The summed E-state index contributed by atoms with van der Waals surface area (Å²) in [7, 11) is 0. The molecule has 4 heteroatoms. The fraction of sp³-hybridized carbons (Fsp3) is 0.667. The quantitative estimate of drug-likeness (QED) is 0.121. The minimum Gasteiger partial charge on any atom is -0.504 e. The van der Waals surface area contributed by atoms with E-state index in [0.29, 0.717) is 12.1 Å². The predicted molar refractivity (Wildman–Crippen MR) is 131 cm³/mol. The van der Waals surface area contributed by atoms with Gasteiger partial charge in [-0.15, -0.1) is 0 Å². The van der Waals surface area contributed by atoms with Crippen molar-refractivity contribution < 1.29 is 15.0 Å². The minimum atomic E-state index is -0.185. The van der Waals surface area contributed by atoms with Crippen LogP contribution in [0.2, 0.25) is 0 Å². The van der Waals surface area contributed by atoms with E-state index in [4.69, 9.17) is 0 Å². The van der Waals surface area contributed by atoms with Crippen LogP contribution in [-0.2, 0) is 4.79 Å². The van der Waals surface area contributed by atoms with Gasteiger partial charge in [0.1, 0.15) is 0 Å². The van der Waals surface area contributed by atoms with Crippen molar-refractivity contribution in [2.24, 2.45) is 0 Å². The normalized spacial score (nSPS) is 11.3. The first-order valence-corrected chi connectivity index (χ1v) is 12.6. The maximum absolute atomic E-state index is 11.8. The van der Waals surface area contributed by atoms with Gasteiger partial charge in [-0.1, -0.05) is 109 Å². The zero-order valence-corrected chi connectivity index (χ0v) is 19.7. The van der Waals surface area contributed by atoms with Gasteiger partial charge < -0.3 is 15.5 Å². The minimum absolute atomic E-state index is 0.131. The molecule has 0 heterocycles. The van der Waals surface area contributed by atoms with Gasteiger partial charge in [-0.05, 0) is 30.2 Å². The number of hydrogen-bond donors (Lipinski definition) is 3.